The van der Waals surface area contributed by atoms with E-state index in [-0.39, 0.29) is 11.8 Å². The van der Waals surface area contributed by atoms with Crippen molar-refractivity contribution in [1.29, 1.82) is 0 Å². The first-order chi connectivity index (χ1) is 12.4. The fourth-order valence-electron chi connectivity index (χ4n) is 2.00. The van der Waals surface area contributed by atoms with Crippen LogP contribution in [-0.4, -0.2) is 18.9 Å². The van der Waals surface area contributed by atoms with Gasteiger partial charge in [-0.3, -0.25) is 20.4 Å². The number of hydrogen-bond donors (Lipinski definition) is 2. The zero-order valence-corrected chi connectivity index (χ0v) is 15.6. The number of carbonyl (C=O) groups excluding carboxylic acids is 2. The quantitative estimate of drug-likeness (QED) is 0.758. The highest BCUT2D eigenvalue weighted by Crippen LogP contribution is 2.29. The SMILES string of the molecule is COc1cc(C(=O)NNC(=O)C(C)C)ccc1OCc1ccc(Cl)cc1. The lowest BCUT2D eigenvalue weighted by molar-refractivity contribution is -0.124. The molecule has 0 saturated heterocycles. The molecule has 0 heterocycles. The fourth-order valence-corrected chi connectivity index (χ4v) is 2.13. The molecule has 2 amide bonds. The van der Waals surface area contributed by atoms with Gasteiger partial charge in [0.05, 0.1) is 7.11 Å². The molecule has 2 N–H and O–H groups in total. The number of amides is 2. The van der Waals surface area contributed by atoms with Crippen molar-refractivity contribution in [1.82, 2.24) is 10.9 Å². The number of ether oxygens (including phenoxy) is 2. The molecule has 6 nitrogen and oxygen atoms in total. The first kappa shape index (κ1) is 19.6. The van der Waals surface area contributed by atoms with Crippen LogP contribution in [0.1, 0.15) is 29.8 Å². The normalized spacial score (nSPS) is 10.3. The summed E-state index contributed by atoms with van der Waals surface area (Å²) in [4.78, 5) is 23.6. The van der Waals surface area contributed by atoms with Crippen molar-refractivity contribution in [2.75, 3.05) is 7.11 Å². The van der Waals surface area contributed by atoms with Crippen LogP contribution in [0.5, 0.6) is 11.5 Å². The number of benzene rings is 2. The van der Waals surface area contributed by atoms with Crippen LogP contribution in [0.3, 0.4) is 0 Å². The monoisotopic (exact) mass is 376 g/mol. The third kappa shape index (κ3) is 5.39. The Morgan fingerprint density at radius 2 is 1.73 bits per heavy atom. The topological polar surface area (TPSA) is 76.7 Å². The fraction of sp³-hybridized carbons (Fsp3) is 0.263. The summed E-state index contributed by atoms with van der Waals surface area (Å²) in [6.07, 6.45) is 0. The van der Waals surface area contributed by atoms with Gasteiger partial charge in [-0.25, -0.2) is 0 Å². The molecule has 0 aliphatic carbocycles. The van der Waals surface area contributed by atoms with Crippen molar-refractivity contribution < 1.29 is 19.1 Å². The maximum absolute atomic E-state index is 12.1. The molecule has 0 saturated carbocycles. The molecule has 0 unspecified atom stereocenters. The van der Waals surface area contributed by atoms with Crippen molar-refractivity contribution in [3.05, 3.63) is 58.6 Å². The molecular weight excluding hydrogens is 356 g/mol. The van der Waals surface area contributed by atoms with Crippen LogP contribution >= 0.6 is 11.6 Å². The zero-order valence-electron chi connectivity index (χ0n) is 14.8. The summed E-state index contributed by atoms with van der Waals surface area (Å²) in [6, 6.07) is 12.1. The standard InChI is InChI=1S/C19H21ClN2O4/c1-12(2)18(23)21-22-19(24)14-6-9-16(17(10-14)25-3)26-11-13-4-7-15(20)8-5-13/h4-10,12H,11H2,1-3H3,(H,21,23)(H,22,24). The van der Waals surface area contributed by atoms with Crippen LogP contribution in [0.2, 0.25) is 5.02 Å². The van der Waals surface area contributed by atoms with Gasteiger partial charge in [0.25, 0.3) is 5.91 Å². The molecule has 0 atom stereocenters. The summed E-state index contributed by atoms with van der Waals surface area (Å²) in [5.74, 6) is -0.0183. The predicted molar refractivity (Wildman–Crippen MR) is 99.2 cm³/mol. The van der Waals surface area contributed by atoms with Gasteiger partial charge in [-0.15, -0.1) is 0 Å². The number of rotatable bonds is 6. The molecule has 0 radical (unpaired) electrons. The molecule has 0 aliphatic heterocycles. The molecule has 26 heavy (non-hydrogen) atoms. The van der Waals surface area contributed by atoms with Gasteiger partial charge < -0.3 is 9.47 Å². The maximum Gasteiger partial charge on any atom is 0.269 e. The third-order valence-corrected chi connectivity index (χ3v) is 3.81. The molecule has 0 spiro atoms. The van der Waals surface area contributed by atoms with Crippen LogP contribution in [-0.2, 0) is 11.4 Å². The van der Waals surface area contributed by atoms with Crippen molar-refractivity contribution in [3.63, 3.8) is 0 Å². The number of hydrogen-bond acceptors (Lipinski definition) is 4. The average Bonchev–Trinajstić information content (AvgIpc) is 2.65. The van der Waals surface area contributed by atoms with Gasteiger partial charge in [-0.05, 0) is 35.9 Å². The summed E-state index contributed by atoms with van der Waals surface area (Å²) in [7, 11) is 1.49. The van der Waals surface area contributed by atoms with E-state index >= 15 is 0 Å². The van der Waals surface area contributed by atoms with Crippen molar-refractivity contribution in [2.24, 2.45) is 5.92 Å². The Morgan fingerprint density at radius 3 is 2.35 bits per heavy atom. The lowest BCUT2D eigenvalue weighted by Gasteiger charge is -2.13. The third-order valence-electron chi connectivity index (χ3n) is 3.56. The highest BCUT2D eigenvalue weighted by molar-refractivity contribution is 6.30. The molecule has 138 valence electrons. The van der Waals surface area contributed by atoms with E-state index < -0.39 is 5.91 Å². The van der Waals surface area contributed by atoms with Gasteiger partial charge in [-0.2, -0.15) is 0 Å². The minimum atomic E-state index is -0.443. The summed E-state index contributed by atoms with van der Waals surface area (Å²) in [5, 5.41) is 0.659. The molecule has 2 rings (SSSR count). The van der Waals surface area contributed by atoms with E-state index in [2.05, 4.69) is 10.9 Å². The molecule has 2 aromatic carbocycles. The Hall–Kier alpha value is -2.73. The minimum Gasteiger partial charge on any atom is -0.493 e. The molecule has 2 aromatic rings. The Balaban J connectivity index is 2.02. The first-order valence-corrected chi connectivity index (χ1v) is 8.44. The number of carbonyl (C=O) groups is 2. The van der Waals surface area contributed by atoms with Gasteiger partial charge in [0.2, 0.25) is 5.91 Å². The summed E-state index contributed by atoms with van der Waals surface area (Å²) < 4.78 is 11.0. The lowest BCUT2D eigenvalue weighted by Crippen LogP contribution is -2.43. The highest BCUT2D eigenvalue weighted by Gasteiger charge is 2.13. The van der Waals surface area contributed by atoms with E-state index in [0.29, 0.717) is 28.7 Å². The van der Waals surface area contributed by atoms with E-state index in [0.717, 1.165) is 5.56 Å². The van der Waals surface area contributed by atoms with Crippen LogP contribution in [0, 0.1) is 5.92 Å². The Kier molecular flexibility index (Phi) is 6.86. The first-order valence-electron chi connectivity index (χ1n) is 8.06. The molecular formula is C19H21ClN2O4. The largest absolute Gasteiger partial charge is 0.493 e. The molecule has 0 fully saturated rings. The molecule has 0 aromatic heterocycles. The smallest absolute Gasteiger partial charge is 0.269 e. The second kappa shape index (κ2) is 9.10. The van der Waals surface area contributed by atoms with Crippen LogP contribution in [0.25, 0.3) is 0 Å². The molecule has 0 bridgehead atoms. The van der Waals surface area contributed by atoms with Gasteiger partial charge in [-0.1, -0.05) is 37.6 Å². The summed E-state index contributed by atoms with van der Waals surface area (Å²) >= 11 is 5.86. The highest BCUT2D eigenvalue weighted by atomic mass is 35.5. The number of nitrogens with one attached hydrogen (secondary N) is 2. The van der Waals surface area contributed by atoms with E-state index in [1.54, 1.807) is 44.2 Å². The van der Waals surface area contributed by atoms with E-state index in [4.69, 9.17) is 21.1 Å². The van der Waals surface area contributed by atoms with Crippen LogP contribution in [0.15, 0.2) is 42.5 Å². The van der Waals surface area contributed by atoms with E-state index in [1.807, 2.05) is 12.1 Å². The van der Waals surface area contributed by atoms with E-state index in [9.17, 15) is 9.59 Å². The van der Waals surface area contributed by atoms with Crippen molar-refractivity contribution in [2.45, 2.75) is 20.5 Å². The van der Waals surface area contributed by atoms with Gasteiger partial charge in [0.1, 0.15) is 6.61 Å². The van der Waals surface area contributed by atoms with Gasteiger partial charge >= 0.3 is 0 Å². The minimum absolute atomic E-state index is 0.228. The van der Waals surface area contributed by atoms with Crippen LogP contribution < -0.4 is 20.3 Å². The second-order valence-electron chi connectivity index (χ2n) is 5.88. The molecule has 7 heteroatoms. The van der Waals surface area contributed by atoms with Crippen molar-refractivity contribution >= 4 is 23.4 Å². The number of halogens is 1. The average molecular weight is 377 g/mol. The van der Waals surface area contributed by atoms with Gasteiger partial charge in [0.15, 0.2) is 11.5 Å². The lowest BCUT2D eigenvalue weighted by atomic mass is 10.2. The number of hydrazine groups is 1. The Labute approximate surface area is 157 Å². The van der Waals surface area contributed by atoms with Gasteiger partial charge in [0, 0.05) is 16.5 Å². The predicted octanol–water partition coefficient (Wildman–Crippen LogP) is 3.34. The Bertz CT molecular complexity index is 776. The van der Waals surface area contributed by atoms with Crippen LogP contribution in [0.4, 0.5) is 0 Å². The zero-order chi connectivity index (χ0) is 19.1. The summed E-state index contributed by atoms with van der Waals surface area (Å²) in [5.41, 5.74) is 6.02. The number of methoxy groups -OCH3 is 1. The maximum atomic E-state index is 12.1. The summed E-state index contributed by atoms with van der Waals surface area (Å²) in [6.45, 7) is 3.80. The van der Waals surface area contributed by atoms with Crippen molar-refractivity contribution in [3.8, 4) is 11.5 Å². The Morgan fingerprint density at radius 1 is 1.04 bits per heavy atom. The molecule has 0 aliphatic rings. The van der Waals surface area contributed by atoms with E-state index in [1.165, 1.54) is 7.11 Å². The second-order valence-corrected chi connectivity index (χ2v) is 6.32.